The predicted octanol–water partition coefficient (Wildman–Crippen LogP) is 3.30. The predicted molar refractivity (Wildman–Crippen MR) is 63.2 cm³/mol. The van der Waals surface area contributed by atoms with E-state index in [2.05, 4.69) is 25.9 Å². The van der Waals surface area contributed by atoms with Crippen LogP contribution in [0.3, 0.4) is 0 Å². The van der Waals surface area contributed by atoms with E-state index in [1.807, 2.05) is 0 Å². The molecule has 4 nitrogen and oxygen atoms in total. The average Bonchev–Trinajstić information content (AvgIpc) is 2.64. The molecule has 0 fully saturated rings. The molecule has 0 unspecified atom stereocenters. The Bertz CT molecular complexity index is 501. The molecule has 6 heteroatoms. The smallest absolute Gasteiger partial charge is 0.198 e. The van der Waals surface area contributed by atoms with Gasteiger partial charge in [-0.1, -0.05) is 11.6 Å². The average molecular weight is 304 g/mol. The fraction of sp³-hybridized carbons (Fsp3) is 0.200. The maximum Gasteiger partial charge on any atom is 0.198 e. The maximum absolute atomic E-state index is 5.89. The van der Waals surface area contributed by atoms with Crippen LogP contribution in [0.4, 0.5) is 0 Å². The summed E-state index contributed by atoms with van der Waals surface area (Å²) in [6.45, 7) is 0.383. The highest BCUT2D eigenvalue weighted by atomic mass is 79.9. The zero-order chi connectivity index (χ0) is 11.5. The summed E-state index contributed by atoms with van der Waals surface area (Å²) in [6, 6.07) is 3.43. The Morgan fingerprint density at radius 2 is 2.31 bits per heavy atom. The molecule has 16 heavy (non-hydrogen) atoms. The Kier molecular flexibility index (Phi) is 3.58. The first-order valence-electron chi connectivity index (χ1n) is 4.46. The van der Waals surface area contributed by atoms with Crippen LogP contribution in [0.5, 0.6) is 0 Å². The van der Waals surface area contributed by atoms with E-state index in [9.17, 15) is 0 Å². The standard InChI is InChI=1S/C10H8BrClN2O2/c1-15-5-6-4-8(12)14-10(13-6)9-7(11)2-3-16-9/h2-4H,5H2,1H3. The molecule has 84 valence electrons. The van der Waals surface area contributed by atoms with E-state index >= 15 is 0 Å². The van der Waals surface area contributed by atoms with Gasteiger partial charge in [-0.2, -0.15) is 0 Å². The van der Waals surface area contributed by atoms with Crippen LogP contribution in [-0.4, -0.2) is 17.1 Å². The molecule has 0 radical (unpaired) electrons. The fourth-order valence-electron chi connectivity index (χ4n) is 1.24. The van der Waals surface area contributed by atoms with E-state index < -0.39 is 0 Å². The van der Waals surface area contributed by atoms with Crippen molar-refractivity contribution in [2.75, 3.05) is 7.11 Å². The molecule has 0 amide bonds. The molecule has 0 bridgehead atoms. The van der Waals surface area contributed by atoms with Gasteiger partial charge in [-0.25, -0.2) is 9.97 Å². The number of halogens is 2. The highest BCUT2D eigenvalue weighted by Gasteiger charge is 2.12. The molecule has 0 N–H and O–H groups in total. The van der Waals surface area contributed by atoms with Crippen molar-refractivity contribution in [3.63, 3.8) is 0 Å². The lowest BCUT2D eigenvalue weighted by atomic mass is 10.3. The quantitative estimate of drug-likeness (QED) is 0.816. The largest absolute Gasteiger partial charge is 0.460 e. The first-order chi connectivity index (χ1) is 7.70. The minimum Gasteiger partial charge on any atom is -0.460 e. The first-order valence-corrected chi connectivity index (χ1v) is 5.63. The van der Waals surface area contributed by atoms with Crippen LogP contribution in [0.25, 0.3) is 11.6 Å². The van der Waals surface area contributed by atoms with E-state index in [0.717, 1.165) is 4.47 Å². The molecule has 2 rings (SSSR count). The molecule has 0 aliphatic rings. The second kappa shape index (κ2) is 4.95. The molecule has 0 spiro atoms. The zero-order valence-corrected chi connectivity index (χ0v) is 10.7. The molecule has 0 aromatic carbocycles. The van der Waals surface area contributed by atoms with Gasteiger partial charge in [0.05, 0.1) is 23.0 Å². The summed E-state index contributed by atoms with van der Waals surface area (Å²) < 4.78 is 11.1. The minimum atomic E-state index is 0.361. The number of ether oxygens (including phenoxy) is 1. The van der Waals surface area contributed by atoms with Gasteiger partial charge in [-0.05, 0) is 28.1 Å². The molecule has 0 aliphatic heterocycles. The molecule has 0 saturated carbocycles. The summed E-state index contributed by atoms with van der Waals surface area (Å²) in [4.78, 5) is 8.38. The Morgan fingerprint density at radius 3 is 2.94 bits per heavy atom. The van der Waals surface area contributed by atoms with E-state index in [4.69, 9.17) is 20.8 Å². The van der Waals surface area contributed by atoms with Crippen LogP contribution in [-0.2, 0) is 11.3 Å². The number of methoxy groups -OCH3 is 1. The third-order valence-corrected chi connectivity index (χ3v) is 2.68. The molecule has 0 saturated heterocycles. The Hall–Kier alpha value is -0.910. The number of nitrogens with zero attached hydrogens (tertiary/aromatic N) is 2. The van der Waals surface area contributed by atoms with E-state index in [0.29, 0.717) is 29.0 Å². The topological polar surface area (TPSA) is 48.2 Å². The number of hydrogen-bond acceptors (Lipinski definition) is 4. The van der Waals surface area contributed by atoms with Gasteiger partial charge in [0.25, 0.3) is 0 Å². The van der Waals surface area contributed by atoms with Crippen LogP contribution in [0.15, 0.2) is 27.3 Å². The van der Waals surface area contributed by atoms with Gasteiger partial charge in [0.2, 0.25) is 0 Å². The van der Waals surface area contributed by atoms with Crippen LogP contribution < -0.4 is 0 Å². The Balaban J connectivity index is 2.45. The van der Waals surface area contributed by atoms with Crippen LogP contribution in [0, 0.1) is 0 Å². The molecular weight excluding hydrogens is 295 g/mol. The summed E-state index contributed by atoms with van der Waals surface area (Å²) in [5.41, 5.74) is 0.709. The first kappa shape index (κ1) is 11.6. The van der Waals surface area contributed by atoms with Crippen molar-refractivity contribution in [2.45, 2.75) is 6.61 Å². The monoisotopic (exact) mass is 302 g/mol. The lowest BCUT2D eigenvalue weighted by Crippen LogP contribution is -1.97. The number of rotatable bonds is 3. The van der Waals surface area contributed by atoms with Gasteiger partial charge in [-0.15, -0.1) is 0 Å². The molecule has 2 aromatic heterocycles. The lowest BCUT2D eigenvalue weighted by Gasteiger charge is -2.02. The van der Waals surface area contributed by atoms with Gasteiger partial charge in [0.1, 0.15) is 5.15 Å². The fourth-order valence-corrected chi connectivity index (χ4v) is 1.83. The Morgan fingerprint density at radius 1 is 1.50 bits per heavy atom. The summed E-state index contributed by atoms with van der Waals surface area (Å²) in [5, 5.41) is 0.361. The van der Waals surface area contributed by atoms with Crippen molar-refractivity contribution in [3.05, 3.63) is 33.7 Å². The van der Waals surface area contributed by atoms with Crippen molar-refractivity contribution in [2.24, 2.45) is 0 Å². The molecule has 2 heterocycles. The SMILES string of the molecule is COCc1cc(Cl)nc(-c2occc2Br)n1. The second-order valence-corrected chi connectivity index (χ2v) is 4.28. The van der Waals surface area contributed by atoms with Gasteiger partial charge in [-0.3, -0.25) is 0 Å². The van der Waals surface area contributed by atoms with Crippen molar-refractivity contribution < 1.29 is 9.15 Å². The summed E-state index contributed by atoms with van der Waals surface area (Å²) in [5.74, 6) is 0.997. The van der Waals surface area contributed by atoms with Crippen LogP contribution in [0.2, 0.25) is 5.15 Å². The number of aromatic nitrogens is 2. The van der Waals surface area contributed by atoms with Crippen molar-refractivity contribution >= 4 is 27.5 Å². The summed E-state index contributed by atoms with van der Waals surface area (Å²) in [7, 11) is 1.60. The Labute approximate surface area is 106 Å². The van der Waals surface area contributed by atoms with Crippen LogP contribution in [0.1, 0.15) is 5.69 Å². The lowest BCUT2D eigenvalue weighted by molar-refractivity contribution is 0.181. The third kappa shape index (κ3) is 2.42. The zero-order valence-electron chi connectivity index (χ0n) is 8.41. The normalized spacial score (nSPS) is 10.7. The third-order valence-electron chi connectivity index (χ3n) is 1.86. The highest BCUT2D eigenvalue weighted by Crippen LogP contribution is 2.27. The second-order valence-electron chi connectivity index (χ2n) is 3.04. The van der Waals surface area contributed by atoms with Gasteiger partial charge >= 0.3 is 0 Å². The molecule has 0 atom stereocenters. The molecular formula is C10H8BrClN2O2. The molecule has 0 aliphatic carbocycles. The highest BCUT2D eigenvalue weighted by molar-refractivity contribution is 9.10. The van der Waals surface area contributed by atoms with E-state index in [1.165, 1.54) is 0 Å². The van der Waals surface area contributed by atoms with Gasteiger partial charge in [0, 0.05) is 7.11 Å². The van der Waals surface area contributed by atoms with Crippen molar-refractivity contribution in [1.82, 2.24) is 9.97 Å². The van der Waals surface area contributed by atoms with Gasteiger partial charge < -0.3 is 9.15 Å². The van der Waals surface area contributed by atoms with E-state index in [-0.39, 0.29) is 0 Å². The summed E-state index contributed by atoms with van der Waals surface area (Å²) >= 11 is 9.23. The van der Waals surface area contributed by atoms with Crippen molar-refractivity contribution in [1.29, 1.82) is 0 Å². The maximum atomic E-state index is 5.89. The minimum absolute atomic E-state index is 0.361. The summed E-state index contributed by atoms with van der Waals surface area (Å²) in [6.07, 6.45) is 1.56. The van der Waals surface area contributed by atoms with Crippen LogP contribution >= 0.6 is 27.5 Å². The van der Waals surface area contributed by atoms with Crippen molar-refractivity contribution in [3.8, 4) is 11.6 Å². The number of furan rings is 1. The number of hydrogen-bond donors (Lipinski definition) is 0. The van der Waals surface area contributed by atoms with E-state index in [1.54, 1.807) is 25.5 Å². The molecule has 2 aromatic rings. The van der Waals surface area contributed by atoms with Gasteiger partial charge in [0.15, 0.2) is 11.6 Å².